The quantitative estimate of drug-likeness (QED) is 0.512. The maximum atomic E-state index is 13.9. The Morgan fingerprint density at radius 2 is 1.94 bits per heavy atom. The van der Waals surface area contributed by atoms with E-state index < -0.39 is 0 Å². The first-order chi connectivity index (χ1) is 15.7. The zero-order valence-corrected chi connectivity index (χ0v) is 18.3. The topological polar surface area (TPSA) is 74.1 Å². The average molecular weight is 433 g/mol. The second-order valence-electron chi connectivity index (χ2n) is 9.13. The fourth-order valence-electron chi connectivity index (χ4n) is 5.39. The van der Waals surface area contributed by atoms with Crippen LogP contribution in [0.3, 0.4) is 0 Å². The smallest absolute Gasteiger partial charge is 0.329 e. The first-order valence-electron chi connectivity index (χ1n) is 11.7. The van der Waals surface area contributed by atoms with E-state index in [1.807, 2.05) is 41.2 Å². The molecule has 1 aliphatic heterocycles. The van der Waals surface area contributed by atoms with E-state index in [4.69, 9.17) is 9.47 Å². The summed E-state index contributed by atoms with van der Waals surface area (Å²) in [6.07, 6.45) is 9.21. The lowest BCUT2D eigenvalue weighted by Gasteiger charge is -2.29. The van der Waals surface area contributed by atoms with Crippen LogP contribution in [0, 0.1) is 5.92 Å². The third kappa shape index (κ3) is 3.10. The Kier molecular flexibility index (Phi) is 4.70. The molecule has 0 spiro atoms. The van der Waals surface area contributed by atoms with Crippen molar-refractivity contribution in [3.8, 4) is 11.5 Å². The van der Waals surface area contributed by atoms with Crippen LogP contribution in [0.5, 0.6) is 11.5 Å². The van der Waals surface area contributed by atoms with Crippen molar-refractivity contribution in [1.82, 2.24) is 19.1 Å². The second kappa shape index (κ2) is 7.73. The van der Waals surface area contributed by atoms with Gasteiger partial charge in [-0.05, 0) is 42.5 Å². The highest BCUT2D eigenvalue weighted by Crippen LogP contribution is 2.36. The predicted molar refractivity (Wildman–Crippen MR) is 124 cm³/mol. The van der Waals surface area contributed by atoms with E-state index in [2.05, 4.69) is 21.5 Å². The van der Waals surface area contributed by atoms with E-state index in [1.54, 1.807) is 0 Å². The average Bonchev–Trinajstić information content (AvgIpc) is 3.29. The molecule has 0 bridgehead atoms. The monoisotopic (exact) mass is 432 g/mol. The molecule has 1 unspecified atom stereocenters. The van der Waals surface area contributed by atoms with E-state index in [0.717, 1.165) is 64.8 Å². The molecule has 4 aromatic rings. The second-order valence-corrected chi connectivity index (χ2v) is 9.13. The number of imidazole rings is 1. The highest BCUT2D eigenvalue weighted by molar-refractivity contribution is 6.01. The Balaban J connectivity index is 1.51. The van der Waals surface area contributed by atoms with Crippen LogP contribution < -0.4 is 15.2 Å². The summed E-state index contributed by atoms with van der Waals surface area (Å²) < 4.78 is 15.6. The van der Waals surface area contributed by atoms with Gasteiger partial charge >= 0.3 is 5.69 Å². The van der Waals surface area contributed by atoms with Crippen molar-refractivity contribution in [2.45, 2.75) is 51.6 Å². The van der Waals surface area contributed by atoms with Crippen LogP contribution in [0.25, 0.3) is 22.1 Å². The third-order valence-corrected chi connectivity index (χ3v) is 7.06. The molecule has 1 saturated carbocycles. The van der Waals surface area contributed by atoms with Gasteiger partial charge < -0.3 is 14.5 Å². The molecule has 0 radical (unpaired) electrons. The fraction of sp³-hybridized carbons (Fsp3) is 0.440. The number of hydrogen-bond donors (Lipinski definition) is 1. The molecular weight excluding hydrogens is 404 g/mol. The van der Waals surface area contributed by atoms with Gasteiger partial charge in [-0.1, -0.05) is 25.8 Å². The summed E-state index contributed by atoms with van der Waals surface area (Å²) in [6, 6.07) is 8.22. The molecule has 2 atom stereocenters. The van der Waals surface area contributed by atoms with Gasteiger partial charge in [-0.25, -0.2) is 9.78 Å². The van der Waals surface area contributed by atoms with Crippen molar-refractivity contribution in [2.75, 3.05) is 13.2 Å². The normalized spacial score (nSPS) is 21.2. The molecular formula is C25H28N4O3. The van der Waals surface area contributed by atoms with Gasteiger partial charge in [0, 0.05) is 24.0 Å². The largest absolute Gasteiger partial charge is 0.490 e. The van der Waals surface area contributed by atoms with E-state index >= 15 is 0 Å². The van der Waals surface area contributed by atoms with Gasteiger partial charge in [-0.3, -0.25) is 9.13 Å². The van der Waals surface area contributed by atoms with Gasteiger partial charge in [0.2, 0.25) is 0 Å². The highest BCUT2D eigenvalue weighted by atomic mass is 16.5. The number of nitrogens with one attached hydrogen (secondary N) is 1. The van der Waals surface area contributed by atoms with Crippen molar-refractivity contribution in [3.63, 3.8) is 0 Å². The lowest BCUT2D eigenvalue weighted by molar-refractivity contribution is 0.256. The summed E-state index contributed by atoms with van der Waals surface area (Å²) in [7, 11) is 0. The molecule has 6 rings (SSSR count). The van der Waals surface area contributed by atoms with Gasteiger partial charge in [-0.15, -0.1) is 0 Å². The van der Waals surface area contributed by atoms with Crippen molar-refractivity contribution >= 4 is 22.1 Å². The SMILES string of the molecule is C[C@@H]1CCCCC1n1c(=O)n(Cc2ccc3c(c2)OCCCO3)c2cnc3[nH]ccc3c21. The Hall–Kier alpha value is -3.22. The summed E-state index contributed by atoms with van der Waals surface area (Å²) in [5, 5.41) is 1.01. The minimum atomic E-state index is 0.0429. The zero-order valence-electron chi connectivity index (χ0n) is 18.3. The van der Waals surface area contributed by atoms with Crippen molar-refractivity contribution < 1.29 is 9.47 Å². The maximum absolute atomic E-state index is 13.9. The number of H-pyrrole nitrogens is 1. The predicted octanol–water partition coefficient (Wildman–Crippen LogP) is 4.64. The molecule has 1 fully saturated rings. The number of ether oxygens (including phenoxy) is 2. The highest BCUT2D eigenvalue weighted by Gasteiger charge is 2.29. The van der Waals surface area contributed by atoms with Crippen LogP contribution in [-0.4, -0.2) is 32.3 Å². The molecule has 1 aromatic carbocycles. The molecule has 1 aliphatic carbocycles. The number of hydrogen-bond acceptors (Lipinski definition) is 4. The van der Waals surface area contributed by atoms with Crippen LogP contribution in [0.4, 0.5) is 0 Å². The van der Waals surface area contributed by atoms with Gasteiger partial charge in [0.25, 0.3) is 0 Å². The zero-order chi connectivity index (χ0) is 21.7. The molecule has 7 nitrogen and oxygen atoms in total. The van der Waals surface area contributed by atoms with Crippen LogP contribution >= 0.6 is 0 Å². The van der Waals surface area contributed by atoms with E-state index in [0.29, 0.717) is 25.7 Å². The molecule has 0 amide bonds. The van der Waals surface area contributed by atoms with Gasteiger partial charge in [0.1, 0.15) is 5.65 Å². The van der Waals surface area contributed by atoms with E-state index in [9.17, 15) is 4.79 Å². The Labute approximate surface area is 186 Å². The minimum absolute atomic E-state index is 0.0429. The van der Waals surface area contributed by atoms with Crippen molar-refractivity contribution in [3.05, 3.63) is 52.7 Å². The molecule has 3 aromatic heterocycles. The van der Waals surface area contributed by atoms with Crippen LogP contribution in [0.1, 0.15) is 50.6 Å². The summed E-state index contributed by atoms with van der Waals surface area (Å²) in [5.74, 6) is 2.00. The number of aromatic amines is 1. The minimum Gasteiger partial charge on any atom is -0.490 e. The summed E-state index contributed by atoms with van der Waals surface area (Å²) in [6.45, 7) is 4.05. The summed E-state index contributed by atoms with van der Waals surface area (Å²) in [4.78, 5) is 21.7. The fourth-order valence-corrected chi connectivity index (χ4v) is 5.39. The summed E-state index contributed by atoms with van der Waals surface area (Å²) in [5.41, 5.74) is 3.76. The Bertz CT molecular complexity index is 1350. The number of nitrogens with zero attached hydrogens (tertiary/aromatic N) is 3. The van der Waals surface area contributed by atoms with Crippen LogP contribution in [0.15, 0.2) is 41.5 Å². The molecule has 2 aliphatic rings. The third-order valence-electron chi connectivity index (χ3n) is 7.06. The van der Waals surface area contributed by atoms with Crippen molar-refractivity contribution in [2.24, 2.45) is 5.92 Å². The van der Waals surface area contributed by atoms with E-state index in [1.165, 1.54) is 6.42 Å². The van der Waals surface area contributed by atoms with Crippen molar-refractivity contribution in [1.29, 1.82) is 0 Å². The van der Waals surface area contributed by atoms with E-state index in [-0.39, 0.29) is 11.7 Å². The summed E-state index contributed by atoms with van der Waals surface area (Å²) >= 11 is 0. The number of pyridine rings is 1. The lowest BCUT2D eigenvalue weighted by atomic mass is 9.85. The molecule has 32 heavy (non-hydrogen) atoms. The molecule has 1 N–H and O–H groups in total. The molecule has 166 valence electrons. The molecule has 7 heteroatoms. The standard InChI is InChI=1S/C25H28N4O3/c1-16-5-2-3-6-19(16)29-23-18-9-10-26-24(18)27-14-20(23)28(25(29)30)15-17-7-8-21-22(13-17)32-12-4-11-31-21/h7-10,13-14,16,19H,2-6,11-12,15H2,1H3,(H,26,27)/t16-,19?/m1/s1. The number of fused-ring (bicyclic) bond motifs is 4. The number of aromatic nitrogens is 4. The van der Waals surface area contributed by atoms with Crippen LogP contribution in [-0.2, 0) is 6.54 Å². The van der Waals surface area contributed by atoms with Gasteiger partial charge in [-0.2, -0.15) is 0 Å². The number of benzene rings is 1. The number of rotatable bonds is 3. The Morgan fingerprint density at radius 1 is 1.09 bits per heavy atom. The lowest BCUT2D eigenvalue weighted by Crippen LogP contribution is -2.32. The molecule has 4 heterocycles. The Morgan fingerprint density at radius 3 is 2.81 bits per heavy atom. The van der Waals surface area contributed by atoms with Gasteiger partial charge in [0.05, 0.1) is 37.0 Å². The first-order valence-corrected chi connectivity index (χ1v) is 11.7. The van der Waals surface area contributed by atoms with Gasteiger partial charge in [0.15, 0.2) is 11.5 Å². The van der Waals surface area contributed by atoms with Crippen LogP contribution in [0.2, 0.25) is 0 Å². The molecule has 0 saturated heterocycles. The first kappa shape index (κ1) is 19.5. The maximum Gasteiger partial charge on any atom is 0.329 e.